The summed E-state index contributed by atoms with van der Waals surface area (Å²) in [6, 6.07) is 18.0. The van der Waals surface area contributed by atoms with E-state index < -0.39 is 0 Å². The van der Waals surface area contributed by atoms with Crippen LogP contribution in [0.3, 0.4) is 0 Å². The van der Waals surface area contributed by atoms with Crippen LogP contribution in [0.15, 0.2) is 54.6 Å². The van der Waals surface area contributed by atoms with Gasteiger partial charge in [0.05, 0.1) is 27.8 Å². The maximum absolute atomic E-state index is 12.8. The van der Waals surface area contributed by atoms with Crippen molar-refractivity contribution in [3.8, 4) is 17.2 Å². The van der Waals surface area contributed by atoms with Crippen LogP contribution in [0.1, 0.15) is 11.1 Å². The van der Waals surface area contributed by atoms with Gasteiger partial charge in [-0.2, -0.15) is 0 Å². The number of amides is 1. The molecule has 3 rings (SSSR count). The summed E-state index contributed by atoms with van der Waals surface area (Å²) >= 11 is 0. The van der Waals surface area contributed by atoms with Gasteiger partial charge in [-0.15, -0.1) is 0 Å². The minimum absolute atomic E-state index is 0.0159. The molecule has 0 aliphatic rings. The van der Waals surface area contributed by atoms with Crippen molar-refractivity contribution in [1.29, 1.82) is 0 Å². The van der Waals surface area contributed by atoms with Gasteiger partial charge in [-0.05, 0) is 34.0 Å². The molecule has 0 saturated carbocycles. The quantitative estimate of drug-likeness (QED) is 0.621. The Bertz CT molecular complexity index is 953. The predicted molar refractivity (Wildman–Crippen MR) is 110 cm³/mol. The molecule has 3 aromatic rings. The molecule has 28 heavy (non-hydrogen) atoms. The number of carbonyl (C=O) groups excluding carboxylic acids is 1. The Hall–Kier alpha value is -3.21. The fourth-order valence-electron chi connectivity index (χ4n) is 3.32. The first-order valence-electron chi connectivity index (χ1n) is 9.07. The molecule has 5 heteroatoms. The van der Waals surface area contributed by atoms with Crippen LogP contribution in [0.4, 0.5) is 0 Å². The average molecular weight is 379 g/mol. The number of benzene rings is 3. The van der Waals surface area contributed by atoms with Crippen molar-refractivity contribution in [1.82, 2.24) is 4.90 Å². The largest absolute Gasteiger partial charge is 0.493 e. The highest BCUT2D eigenvalue weighted by Gasteiger charge is 2.17. The van der Waals surface area contributed by atoms with Crippen molar-refractivity contribution in [3.63, 3.8) is 0 Å². The summed E-state index contributed by atoms with van der Waals surface area (Å²) in [5.74, 6) is 1.62. The van der Waals surface area contributed by atoms with E-state index in [1.54, 1.807) is 26.2 Å². The number of hydrogen-bond donors (Lipinski definition) is 0. The van der Waals surface area contributed by atoms with E-state index in [9.17, 15) is 4.79 Å². The highest BCUT2D eigenvalue weighted by atomic mass is 16.5. The third kappa shape index (κ3) is 4.03. The maximum Gasteiger partial charge on any atom is 0.227 e. The van der Waals surface area contributed by atoms with Crippen molar-refractivity contribution < 1.29 is 19.0 Å². The van der Waals surface area contributed by atoms with Gasteiger partial charge in [0.1, 0.15) is 0 Å². The average Bonchev–Trinajstić information content (AvgIpc) is 2.73. The molecule has 0 radical (unpaired) electrons. The maximum atomic E-state index is 12.8. The molecule has 0 unspecified atom stereocenters. The second kappa shape index (κ2) is 8.65. The normalized spacial score (nSPS) is 10.6. The van der Waals surface area contributed by atoms with Gasteiger partial charge in [-0.3, -0.25) is 4.79 Å². The number of hydrogen-bond acceptors (Lipinski definition) is 4. The van der Waals surface area contributed by atoms with Crippen LogP contribution in [-0.2, 0) is 17.8 Å². The lowest BCUT2D eigenvalue weighted by Gasteiger charge is -2.19. The molecule has 0 atom stereocenters. The van der Waals surface area contributed by atoms with E-state index in [0.717, 1.165) is 16.5 Å². The van der Waals surface area contributed by atoms with E-state index in [-0.39, 0.29) is 12.3 Å². The van der Waals surface area contributed by atoms with Crippen LogP contribution in [0.25, 0.3) is 10.8 Å². The van der Waals surface area contributed by atoms with Crippen LogP contribution >= 0.6 is 0 Å². The van der Waals surface area contributed by atoms with Crippen molar-refractivity contribution in [2.45, 2.75) is 13.0 Å². The van der Waals surface area contributed by atoms with Crippen LogP contribution in [-0.4, -0.2) is 39.2 Å². The Morgan fingerprint density at radius 1 is 0.893 bits per heavy atom. The van der Waals surface area contributed by atoms with Gasteiger partial charge in [0.15, 0.2) is 11.5 Å². The van der Waals surface area contributed by atoms with E-state index in [1.165, 1.54) is 5.39 Å². The number of methoxy groups -OCH3 is 3. The predicted octanol–water partition coefficient (Wildman–Crippen LogP) is 4.07. The van der Waals surface area contributed by atoms with Crippen LogP contribution in [0.5, 0.6) is 17.2 Å². The smallest absolute Gasteiger partial charge is 0.227 e. The SMILES string of the molecule is COc1cc(CC(=O)N(C)Cc2cccc3ccccc23)cc(OC)c1OC. The molecule has 0 heterocycles. The van der Waals surface area contributed by atoms with E-state index in [2.05, 4.69) is 24.3 Å². The third-order valence-corrected chi connectivity index (χ3v) is 4.79. The summed E-state index contributed by atoms with van der Waals surface area (Å²) < 4.78 is 16.1. The van der Waals surface area contributed by atoms with Crippen molar-refractivity contribution in [2.75, 3.05) is 28.4 Å². The zero-order valence-corrected chi connectivity index (χ0v) is 16.7. The molecule has 0 aliphatic carbocycles. The van der Waals surface area contributed by atoms with E-state index in [1.807, 2.05) is 37.4 Å². The molecule has 0 N–H and O–H groups in total. The summed E-state index contributed by atoms with van der Waals surface area (Å²) in [6.45, 7) is 0.546. The lowest BCUT2D eigenvalue weighted by molar-refractivity contribution is -0.129. The minimum atomic E-state index is 0.0159. The van der Waals surface area contributed by atoms with Crippen molar-refractivity contribution in [3.05, 3.63) is 65.7 Å². The van der Waals surface area contributed by atoms with E-state index in [4.69, 9.17) is 14.2 Å². The summed E-state index contributed by atoms with van der Waals surface area (Å²) in [6.07, 6.45) is 0.248. The van der Waals surface area contributed by atoms with Crippen molar-refractivity contribution in [2.24, 2.45) is 0 Å². The highest BCUT2D eigenvalue weighted by Crippen LogP contribution is 2.38. The van der Waals surface area contributed by atoms with Gasteiger partial charge in [0.25, 0.3) is 0 Å². The van der Waals surface area contributed by atoms with Gasteiger partial charge in [-0.1, -0.05) is 42.5 Å². The Morgan fingerprint density at radius 3 is 2.18 bits per heavy atom. The van der Waals surface area contributed by atoms with Crippen LogP contribution < -0.4 is 14.2 Å². The van der Waals surface area contributed by atoms with Crippen molar-refractivity contribution >= 4 is 16.7 Å². The minimum Gasteiger partial charge on any atom is -0.493 e. The third-order valence-electron chi connectivity index (χ3n) is 4.79. The second-order valence-electron chi connectivity index (χ2n) is 6.60. The van der Waals surface area contributed by atoms with Crippen LogP contribution in [0, 0.1) is 0 Å². The van der Waals surface area contributed by atoms with Gasteiger partial charge >= 0.3 is 0 Å². The number of nitrogens with zero attached hydrogens (tertiary/aromatic N) is 1. The highest BCUT2D eigenvalue weighted by molar-refractivity contribution is 5.86. The van der Waals surface area contributed by atoms with Gasteiger partial charge < -0.3 is 19.1 Å². The lowest BCUT2D eigenvalue weighted by atomic mass is 10.0. The van der Waals surface area contributed by atoms with E-state index >= 15 is 0 Å². The Kier molecular flexibility index (Phi) is 6.04. The summed E-state index contributed by atoms with van der Waals surface area (Å²) in [4.78, 5) is 14.6. The molecular formula is C23H25NO4. The molecular weight excluding hydrogens is 354 g/mol. The summed E-state index contributed by atoms with van der Waals surface area (Å²) in [5.41, 5.74) is 1.93. The molecule has 0 fully saturated rings. The summed E-state index contributed by atoms with van der Waals surface area (Å²) in [5, 5.41) is 2.34. The van der Waals surface area contributed by atoms with Gasteiger partial charge in [-0.25, -0.2) is 0 Å². The van der Waals surface area contributed by atoms with Gasteiger partial charge in [0, 0.05) is 13.6 Å². The monoisotopic (exact) mass is 379 g/mol. The first-order valence-corrected chi connectivity index (χ1v) is 9.07. The topological polar surface area (TPSA) is 48.0 Å². The standard InChI is InChI=1S/C23H25NO4/c1-24(15-18-10-7-9-17-8-5-6-11-19(17)18)22(25)14-16-12-20(26-2)23(28-4)21(13-16)27-3/h5-13H,14-15H2,1-4H3. The zero-order chi connectivity index (χ0) is 20.1. The second-order valence-corrected chi connectivity index (χ2v) is 6.60. The fraction of sp³-hybridized carbons (Fsp3) is 0.261. The van der Waals surface area contributed by atoms with Gasteiger partial charge in [0.2, 0.25) is 11.7 Å². The lowest BCUT2D eigenvalue weighted by Crippen LogP contribution is -2.27. The molecule has 0 aliphatic heterocycles. The molecule has 0 saturated heterocycles. The Labute approximate surface area is 165 Å². The first kappa shape index (κ1) is 19.5. The fourth-order valence-corrected chi connectivity index (χ4v) is 3.32. The number of carbonyl (C=O) groups is 1. The van der Waals surface area contributed by atoms with E-state index in [0.29, 0.717) is 23.8 Å². The number of likely N-dealkylation sites (N-methyl/N-ethyl adjacent to an activating group) is 1. The molecule has 3 aromatic carbocycles. The number of ether oxygens (including phenoxy) is 3. The zero-order valence-electron chi connectivity index (χ0n) is 16.7. The van der Waals surface area contributed by atoms with Crippen LogP contribution in [0.2, 0.25) is 0 Å². The molecule has 5 nitrogen and oxygen atoms in total. The first-order chi connectivity index (χ1) is 13.6. The summed E-state index contributed by atoms with van der Waals surface area (Å²) in [7, 11) is 6.51. The number of rotatable bonds is 7. The Morgan fingerprint density at radius 2 is 1.54 bits per heavy atom. The molecule has 0 bridgehead atoms. The molecule has 0 spiro atoms. The number of fused-ring (bicyclic) bond motifs is 1. The Balaban J connectivity index is 1.79. The molecule has 146 valence electrons. The molecule has 1 amide bonds. The molecule has 0 aromatic heterocycles.